The van der Waals surface area contributed by atoms with Crippen LogP contribution in [0.5, 0.6) is 0 Å². The molecule has 1 aliphatic heterocycles. The molecule has 5 nitrogen and oxygen atoms in total. The van der Waals surface area contributed by atoms with Crippen LogP contribution in [-0.2, 0) is 4.74 Å². The molecule has 116 valence electrons. The van der Waals surface area contributed by atoms with Crippen molar-refractivity contribution in [1.82, 2.24) is 0 Å². The number of rotatable bonds is 2. The SMILES string of the molecule is O=C1OC(=C(c2cccc3ccccc23)[N+](=O)[O-])c2ccccc21. The predicted octanol–water partition coefficient (Wildman–Crippen LogP) is 4.11. The monoisotopic (exact) mass is 317 g/mol. The number of nitro groups is 1. The summed E-state index contributed by atoms with van der Waals surface area (Å²) in [6, 6.07) is 19.4. The van der Waals surface area contributed by atoms with E-state index in [2.05, 4.69) is 0 Å². The van der Waals surface area contributed by atoms with E-state index in [-0.39, 0.29) is 11.5 Å². The maximum atomic E-state index is 12.0. The molecule has 0 amide bonds. The summed E-state index contributed by atoms with van der Waals surface area (Å²) in [6.45, 7) is 0. The average Bonchev–Trinajstić information content (AvgIpc) is 2.92. The van der Waals surface area contributed by atoms with E-state index >= 15 is 0 Å². The number of esters is 1. The lowest BCUT2D eigenvalue weighted by atomic mass is 9.99. The number of ether oxygens (including phenoxy) is 1. The number of hydrogen-bond acceptors (Lipinski definition) is 4. The number of carbonyl (C=O) groups excluding carboxylic acids is 1. The van der Waals surface area contributed by atoms with Crippen molar-refractivity contribution in [1.29, 1.82) is 0 Å². The predicted molar refractivity (Wildman–Crippen MR) is 89.6 cm³/mol. The lowest BCUT2D eigenvalue weighted by molar-refractivity contribution is -0.375. The summed E-state index contributed by atoms with van der Waals surface area (Å²) in [6.07, 6.45) is 0. The molecule has 3 aromatic rings. The van der Waals surface area contributed by atoms with Crippen molar-refractivity contribution in [3.8, 4) is 0 Å². The molecule has 0 saturated heterocycles. The van der Waals surface area contributed by atoms with Crippen LogP contribution >= 0.6 is 0 Å². The van der Waals surface area contributed by atoms with E-state index < -0.39 is 10.9 Å². The minimum absolute atomic E-state index is 0.00282. The molecule has 0 spiro atoms. The van der Waals surface area contributed by atoms with E-state index in [4.69, 9.17) is 4.74 Å². The second-order valence-corrected chi connectivity index (χ2v) is 5.40. The Morgan fingerprint density at radius 1 is 0.875 bits per heavy atom. The molecule has 24 heavy (non-hydrogen) atoms. The third-order valence-electron chi connectivity index (χ3n) is 4.03. The Morgan fingerprint density at radius 3 is 2.33 bits per heavy atom. The van der Waals surface area contributed by atoms with Crippen LogP contribution in [0.15, 0.2) is 66.7 Å². The van der Waals surface area contributed by atoms with Crippen molar-refractivity contribution in [3.05, 3.63) is 93.5 Å². The zero-order chi connectivity index (χ0) is 16.7. The van der Waals surface area contributed by atoms with Gasteiger partial charge in [0, 0.05) is 5.56 Å². The first-order valence-electron chi connectivity index (χ1n) is 7.35. The van der Waals surface area contributed by atoms with Gasteiger partial charge in [-0.15, -0.1) is 0 Å². The van der Waals surface area contributed by atoms with Gasteiger partial charge in [-0.25, -0.2) is 4.79 Å². The minimum Gasteiger partial charge on any atom is -0.415 e. The summed E-state index contributed by atoms with van der Waals surface area (Å²) in [7, 11) is 0. The van der Waals surface area contributed by atoms with Crippen LogP contribution in [0.25, 0.3) is 22.2 Å². The van der Waals surface area contributed by atoms with E-state index in [0.717, 1.165) is 10.8 Å². The molecule has 4 rings (SSSR count). The second-order valence-electron chi connectivity index (χ2n) is 5.40. The quantitative estimate of drug-likeness (QED) is 0.405. The molecule has 0 unspecified atom stereocenters. The molecule has 5 heteroatoms. The molecule has 0 radical (unpaired) electrons. The first-order valence-corrected chi connectivity index (χ1v) is 7.35. The first-order chi connectivity index (χ1) is 11.7. The Morgan fingerprint density at radius 2 is 1.54 bits per heavy atom. The molecular formula is C19H11NO4. The summed E-state index contributed by atoms with van der Waals surface area (Å²) in [4.78, 5) is 23.3. The van der Waals surface area contributed by atoms with Crippen LogP contribution < -0.4 is 0 Å². The average molecular weight is 317 g/mol. The fraction of sp³-hybridized carbons (Fsp3) is 0. The molecule has 0 fully saturated rings. The number of cyclic esters (lactones) is 1. The molecule has 1 heterocycles. The molecule has 0 saturated carbocycles. The molecular weight excluding hydrogens is 306 g/mol. The second kappa shape index (κ2) is 5.31. The first kappa shape index (κ1) is 14.1. The summed E-state index contributed by atoms with van der Waals surface area (Å²) in [5, 5.41) is 13.4. The Bertz CT molecular complexity index is 1030. The van der Waals surface area contributed by atoms with Gasteiger partial charge in [0.2, 0.25) is 5.76 Å². The lowest BCUT2D eigenvalue weighted by Gasteiger charge is -2.07. The van der Waals surface area contributed by atoms with E-state index in [0.29, 0.717) is 16.7 Å². The van der Waals surface area contributed by atoms with E-state index in [1.54, 1.807) is 36.4 Å². The highest BCUT2D eigenvalue weighted by molar-refractivity contribution is 6.08. The summed E-state index contributed by atoms with van der Waals surface area (Å²) >= 11 is 0. The van der Waals surface area contributed by atoms with Gasteiger partial charge in [0.15, 0.2) is 0 Å². The van der Waals surface area contributed by atoms with Crippen molar-refractivity contribution in [2.75, 3.05) is 0 Å². The number of benzene rings is 3. The van der Waals surface area contributed by atoms with Gasteiger partial charge in [-0.3, -0.25) is 10.1 Å². The van der Waals surface area contributed by atoms with Crippen molar-refractivity contribution >= 4 is 28.2 Å². The highest BCUT2D eigenvalue weighted by atomic mass is 16.6. The Kier molecular flexibility index (Phi) is 3.13. The zero-order valence-corrected chi connectivity index (χ0v) is 12.4. The van der Waals surface area contributed by atoms with Crippen molar-refractivity contribution in [2.45, 2.75) is 0 Å². The number of carbonyl (C=O) groups is 1. The number of fused-ring (bicyclic) bond motifs is 2. The minimum atomic E-state index is -0.569. The number of nitrogens with zero attached hydrogens (tertiary/aromatic N) is 1. The van der Waals surface area contributed by atoms with Crippen LogP contribution in [0.4, 0.5) is 0 Å². The van der Waals surface area contributed by atoms with Gasteiger partial charge >= 0.3 is 11.7 Å². The van der Waals surface area contributed by atoms with Gasteiger partial charge in [0.05, 0.1) is 16.1 Å². The van der Waals surface area contributed by atoms with Crippen LogP contribution in [0, 0.1) is 10.1 Å². The van der Waals surface area contributed by atoms with Crippen LogP contribution in [0.1, 0.15) is 21.5 Å². The fourth-order valence-corrected chi connectivity index (χ4v) is 2.97. The van der Waals surface area contributed by atoms with Gasteiger partial charge < -0.3 is 4.74 Å². The Hall–Kier alpha value is -3.47. The van der Waals surface area contributed by atoms with Crippen LogP contribution in [0.3, 0.4) is 0 Å². The molecule has 0 aliphatic carbocycles. The van der Waals surface area contributed by atoms with E-state index in [9.17, 15) is 14.9 Å². The van der Waals surface area contributed by atoms with Gasteiger partial charge in [-0.1, -0.05) is 54.6 Å². The Balaban J connectivity index is 2.06. The van der Waals surface area contributed by atoms with Gasteiger partial charge in [-0.2, -0.15) is 0 Å². The van der Waals surface area contributed by atoms with Crippen molar-refractivity contribution < 1.29 is 14.5 Å². The molecule has 1 aliphatic rings. The van der Waals surface area contributed by atoms with Gasteiger partial charge in [0.25, 0.3) is 0 Å². The van der Waals surface area contributed by atoms with Crippen molar-refractivity contribution in [2.24, 2.45) is 0 Å². The van der Waals surface area contributed by atoms with E-state index in [1.165, 1.54) is 0 Å². The maximum Gasteiger partial charge on any atom is 0.344 e. The molecule has 0 bridgehead atoms. The summed E-state index contributed by atoms with van der Waals surface area (Å²) in [5.41, 5.74) is 1.01. The third-order valence-corrected chi connectivity index (χ3v) is 4.03. The molecule has 0 aromatic heterocycles. The zero-order valence-electron chi connectivity index (χ0n) is 12.4. The van der Waals surface area contributed by atoms with E-state index in [1.807, 2.05) is 30.3 Å². The van der Waals surface area contributed by atoms with Crippen LogP contribution in [-0.4, -0.2) is 10.9 Å². The maximum absolute atomic E-state index is 12.0. The fourth-order valence-electron chi connectivity index (χ4n) is 2.97. The summed E-state index contributed by atoms with van der Waals surface area (Å²) in [5.74, 6) is -0.572. The summed E-state index contributed by atoms with van der Waals surface area (Å²) < 4.78 is 5.26. The molecule has 0 atom stereocenters. The normalized spacial score (nSPS) is 15.1. The van der Waals surface area contributed by atoms with Crippen molar-refractivity contribution in [3.63, 3.8) is 0 Å². The largest absolute Gasteiger partial charge is 0.415 e. The Labute approximate surface area is 136 Å². The highest BCUT2D eigenvalue weighted by Crippen LogP contribution is 2.37. The van der Waals surface area contributed by atoms with Crippen LogP contribution in [0.2, 0.25) is 0 Å². The van der Waals surface area contributed by atoms with Gasteiger partial charge in [-0.05, 0) is 22.9 Å². The molecule has 3 aromatic carbocycles. The lowest BCUT2D eigenvalue weighted by Crippen LogP contribution is -2.03. The molecule has 0 N–H and O–H groups in total. The standard InChI is InChI=1S/C19H11NO4/c21-19-16-10-4-3-9-15(16)18(24-19)17(20(22)23)14-11-5-7-12-6-1-2-8-13(12)14/h1-11H. The smallest absolute Gasteiger partial charge is 0.344 e. The third kappa shape index (κ3) is 2.06. The highest BCUT2D eigenvalue weighted by Gasteiger charge is 2.35. The van der Waals surface area contributed by atoms with Gasteiger partial charge in [0.1, 0.15) is 0 Å². The number of hydrogen-bond donors (Lipinski definition) is 0. The topological polar surface area (TPSA) is 69.4 Å².